The van der Waals surface area contributed by atoms with Crippen LogP contribution in [0.15, 0.2) is 18.3 Å². The summed E-state index contributed by atoms with van der Waals surface area (Å²) in [6.07, 6.45) is 5.95. The van der Waals surface area contributed by atoms with Crippen LogP contribution in [-0.4, -0.2) is 77.9 Å². The Morgan fingerprint density at radius 3 is 2.96 bits per heavy atom. The van der Waals surface area contributed by atoms with Gasteiger partial charge >= 0.3 is 0 Å². The summed E-state index contributed by atoms with van der Waals surface area (Å²) in [6, 6.07) is 3.75. The molecule has 2 saturated heterocycles. The smallest absolute Gasteiger partial charge is 0.223 e. The van der Waals surface area contributed by atoms with Crippen molar-refractivity contribution in [2.24, 2.45) is 0 Å². The highest BCUT2D eigenvalue weighted by molar-refractivity contribution is 5.76. The van der Waals surface area contributed by atoms with E-state index >= 15 is 0 Å². The number of nitrogens with zero attached hydrogens (tertiary/aromatic N) is 4. The van der Waals surface area contributed by atoms with Crippen molar-refractivity contribution in [2.75, 3.05) is 51.2 Å². The normalized spacial score (nSPS) is 22.3. The summed E-state index contributed by atoms with van der Waals surface area (Å²) in [6.45, 7) is 5.86. The average Bonchev–Trinajstić information content (AvgIpc) is 2.66. The third kappa shape index (κ3) is 5.14. The molecule has 1 atom stereocenters. The van der Waals surface area contributed by atoms with E-state index in [2.05, 4.69) is 20.4 Å². The number of aromatic nitrogens is 2. The summed E-state index contributed by atoms with van der Waals surface area (Å²) >= 11 is 0. The van der Waals surface area contributed by atoms with Crippen molar-refractivity contribution < 1.29 is 9.53 Å². The van der Waals surface area contributed by atoms with Crippen LogP contribution in [0.4, 0.5) is 5.82 Å². The van der Waals surface area contributed by atoms with Crippen LogP contribution in [0.1, 0.15) is 25.7 Å². The molecule has 3 heterocycles. The van der Waals surface area contributed by atoms with Gasteiger partial charge in [-0.2, -0.15) is 5.10 Å². The minimum absolute atomic E-state index is 0.117. The van der Waals surface area contributed by atoms with Gasteiger partial charge in [-0.1, -0.05) is 0 Å². The number of anilines is 1. The van der Waals surface area contributed by atoms with Gasteiger partial charge in [0, 0.05) is 51.9 Å². The predicted octanol–water partition coefficient (Wildman–Crippen LogP) is 0.992. The maximum absolute atomic E-state index is 12.3. The second kappa shape index (κ2) is 8.94. The Morgan fingerprint density at radius 2 is 2.17 bits per heavy atom. The number of likely N-dealkylation sites (tertiary alicyclic amines) is 1. The van der Waals surface area contributed by atoms with E-state index in [9.17, 15) is 4.79 Å². The van der Waals surface area contributed by atoms with Gasteiger partial charge in [-0.3, -0.25) is 9.69 Å². The van der Waals surface area contributed by atoms with Gasteiger partial charge in [0.05, 0.1) is 12.7 Å². The Hall–Kier alpha value is -1.73. The fourth-order valence-electron chi connectivity index (χ4n) is 3.28. The van der Waals surface area contributed by atoms with Gasteiger partial charge in [0.15, 0.2) is 0 Å². The number of hydrogen-bond acceptors (Lipinski definition) is 6. The number of morpholine rings is 1. The molecule has 0 aromatic carbocycles. The number of piperidine rings is 1. The Bertz CT molecular complexity index is 507. The van der Waals surface area contributed by atoms with E-state index in [1.165, 1.54) is 6.42 Å². The predicted molar refractivity (Wildman–Crippen MR) is 91.7 cm³/mol. The Kier molecular flexibility index (Phi) is 6.37. The van der Waals surface area contributed by atoms with E-state index < -0.39 is 0 Å². The number of carbonyl (C=O) groups is 1. The molecule has 0 radical (unpaired) electrons. The molecule has 2 aliphatic rings. The molecular formula is C17H27N5O2. The van der Waals surface area contributed by atoms with Crippen LogP contribution >= 0.6 is 0 Å². The first kappa shape index (κ1) is 17.1. The quantitative estimate of drug-likeness (QED) is 0.837. The number of amides is 1. The molecule has 0 unspecified atom stereocenters. The first-order valence-corrected chi connectivity index (χ1v) is 8.94. The molecule has 1 aromatic heterocycles. The topological polar surface area (TPSA) is 70.6 Å². The summed E-state index contributed by atoms with van der Waals surface area (Å²) in [7, 11) is 0. The zero-order valence-corrected chi connectivity index (χ0v) is 14.2. The maximum Gasteiger partial charge on any atom is 0.223 e. The van der Waals surface area contributed by atoms with Crippen molar-refractivity contribution in [3.63, 3.8) is 0 Å². The maximum atomic E-state index is 12.3. The van der Waals surface area contributed by atoms with Gasteiger partial charge < -0.3 is 15.0 Å². The second-order valence-electron chi connectivity index (χ2n) is 6.47. The van der Waals surface area contributed by atoms with E-state index in [0.29, 0.717) is 25.5 Å². The highest BCUT2D eigenvalue weighted by Gasteiger charge is 2.22. The molecule has 1 N–H and O–H groups in total. The Morgan fingerprint density at radius 1 is 1.29 bits per heavy atom. The molecule has 132 valence electrons. The minimum Gasteiger partial charge on any atom is -0.374 e. The van der Waals surface area contributed by atoms with Crippen molar-refractivity contribution >= 4 is 11.7 Å². The molecule has 24 heavy (non-hydrogen) atoms. The van der Waals surface area contributed by atoms with Gasteiger partial charge in [0.2, 0.25) is 5.91 Å². The van der Waals surface area contributed by atoms with Crippen LogP contribution in [0.25, 0.3) is 0 Å². The third-order valence-corrected chi connectivity index (χ3v) is 4.66. The van der Waals surface area contributed by atoms with E-state index in [-0.39, 0.29) is 6.10 Å². The molecule has 0 spiro atoms. The van der Waals surface area contributed by atoms with Crippen molar-refractivity contribution in [1.29, 1.82) is 0 Å². The van der Waals surface area contributed by atoms with Crippen molar-refractivity contribution in [2.45, 2.75) is 31.8 Å². The Balaban J connectivity index is 1.38. The monoisotopic (exact) mass is 333 g/mol. The van der Waals surface area contributed by atoms with Crippen molar-refractivity contribution in [3.05, 3.63) is 18.3 Å². The van der Waals surface area contributed by atoms with Crippen LogP contribution in [0.3, 0.4) is 0 Å². The molecule has 1 amide bonds. The van der Waals surface area contributed by atoms with E-state index in [4.69, 9.17) is 4.74 Å². The van der Waals surface area contributed by atoms with Gasteiger partial charge in [0.1, 0.15) is 5.82 Å². The van der Waals surface area contributed by atoms with Crippen LogP contribution in [-0.2, 0) is 9.53 Å². The lowest BCUT2D eigenvalue weighted by atomic mass is 10.1. The summed E-state index contributed by atoms with van der Waals surface area (Å²) in [5.74, 6) is 1.06. The summed E-state index contributed by atoms with van der Waals surface area (Å²) < 4.78 is 5.81. The Labute approximate surface area is 143 Å². The van der Waals surface area contributed by atoms with Gasteiger partial charge in [0.25, 0.3) is 0 Å². The second-order valence-corrected chi connectivity index (χ2v) is 6.47. The number of carbonyl (C=O) groups excluding carboxylic acids is 1. The van der Waals surface area contributed by atoms with Crippen LogP contribution in [0.2, 0.25) is 0 Å². The highest BCUT2D eigenvalue weighted by Crippen LogP contribution is 2.12. The first-order valence-electron chi connectivity index (χ1n) is 8.94. The number of ether oxygens (including phenoxy) is 1. The summed E-state index contributed by atoms with van der Waals surface area (Å²) in [5.41, 5.74) is 0. The van der Waals surface area contributed by atoms with Crippen molar-refractivity contribution in [1.82, 2.24) is 20.0 Å². The third-order valence-electron chi connectivity index (χ3n) is 4.66. The van der Waals surface area contributed by atoms with E-state index in [1.807, 2.05) is 17.0 Å². The number of rotatable bonds is 6. The fourth-order valence-corrected chi connectivity index (χ4v) is 3.28. The number of nitrogens with one attached hydrogen (secondary N) is 1. The molecule has 0 bridgehead atoms. The van der Waals surface area contributed by atoms with Gasteiger partial charge in [-0.15, -0.1) is 5.10 Å². The van der Waals surface area contributed by atoms with Crippen LogP contribution in [0, 0.1) is 0 Å². The molecule has 0 saturated carbocycles. The van der Waals surface area contributed by atoms with Crippen LogP contribution in [0.5, 0.6) is 0 Å². The van der Waals surface area contributed by atoms with E-state index in [1.54, 1.807) is 6.20 Å². The van der Waals surface area contributed by atoms with Gasteiger partial charge in [-0.25, -0.2) is 0 Å². The standard InChI is InChI=1S/C17H27N5O2/c23-17(22-8-2-1-3-9-22)6-10-21-11-12-24-15(14-21)13-18-16-5-4-7-19-20-16/h4-5,7,15H,1-3,6,8-14H2,(H,18,20)/t15-/m0/s1. The SMILES string of the molecule is O=C(CCN1CCO[C@@H](CNc2cccnn2)C1)N1CCCCC1. The lowest BCUT2D eigenvalue weighted by molar-refractivity contribution is -0.132. The molecule has 2 aliphatic heterocycles. The minimum atomic E-state index is 0.117. The fraction of sp³-hybridized carbons (Fsp3) is 0.706. The average molecular weight is 333 g/mol. The van der Waals surface area contributed by atoms with Crippen molar-refractivity contribution in [3.8, 4) is 0 Å². The molecule has 0 aliphatic carbocycles. The summed E-state index contributed by atoms with van der Waals surface area (Å²) in [4.78, 5) is 16.6. The molecular weight excluding hydrogens is 306 g/mol. The zero-order chi connectivity index (χ0) is 16.6. The highest BCUT2D eigenvalue weighted by atomic mass is 16.5. The lowest BCUT2D eigenvalue weighted by Crippen LogP contribution is -2.46. The lowest BCUT2D eigenvalue weighted by Gasteiger charge is -2.33. The molecule has 7 nitrogen and oxygen atoms in total. The largest absolute Gasteiger partial charge is 0.374 e. The van der Waals surface area contributed by atoms with E-state index in [0.717, 1.165) is 51.4 Å². The molecule has 2 fully saturated rings. The van der Waals surface area contributed by atoms with Gasteiger partial charge in [-0.05, 0) is 31.4 Å². The number of hydrogen-bond donors (Lipinski definition) is 1. The summed E-state index contributed by atoms with van der Waals surface area (Å²) in [5, 5.41) is 11.1. The van der Waals surface area contributed by atoms with Crippen LogP contribution < -0.4 is 5.32 Å². The zero-order valence-electron chi connectivity index (χ0n) is 14.2. The molecule has 3 rings (SSSR count). The first-order chi connectivity index (χ1) is 11.8. The molecule has 7 heteroatoms. The molecule has 1 aromatic rings.